The van der Waals surface area contributed by atoms with Gasteiger partial charge in [0.25, 0.3) is 0 Å². The van der Waals surface area contributed by atoms with Crippen LogP contribution in [-0.4, -0.2) is 15.0 Å². The number of rotatable bonds is 4. The standard InChI is InChI=1S/C45H27N3O/c1-2-10-28(11-3-1)37-25-39(42-38-24-33-16-8-9-17-34(33)26-40(38)49-41(42)27-37)45-47-43(35-20-18-29-12-4-6-14-31(29)22-35)46-44(48-45)36-21-19-30-13-5-7-15-32(30)23-36/h1-27H. The summed E-state index contributed by atoms with van der Waals surface area (Å²) in [5, 5.41) is 8.92. The van der Waals surface area contributed by atoms with Crippen LogP contribution in [0.15, 0.2) is 168 Å². The average Bonchev–Trinajstić information content (AvgIpc) is 3.53. The highest BCUT2D eigenvalue weighted by Gasteiger charge is 2.20. The molecule has 10 rings (SSSR count). The number of aromatic nitrogens is 3. The topological polar surface area (TPSA) is 51.8 Å². The molecule has 0 saturated heterocycles. The van der Waals surface area contributed by atoms with Crippen molar-refractivity contribution in [3.05, 3.63) is 164 Å². The van der Waals surface area contributed by atoms with Crippen LogP contribution in [0.4, 0.5) is 0 Å². The molecule has 0 amide bonds. The summed E-state index contributed by atoms with van der Waals surface area (Å²) < 4.78 is 6.64. The fourth-order valence-electron chi connectivity index (χ4n) is 6.98. The van der Waals surface area contributed by atoms with E-state index in [1.54, 1.807) is 0 Å². The molecule has 0 fully saturated rings. The maximum Gasteiger partial charge on any atom is 0.164 e. The fraction of sp³-hybridized carbons (Fsp3) is 0. The summed E-state index contributed by atoms with van der Waals surface area (Å²) in [6.45, 7) is 0. The minimum Gasteiger partial charge on any atom is -0.456 e. The molecule has 10 aromatic rings. The van der Waals surface area contributed by atoms with Gasteiger partial charge in [-0.05, 0) is 79.8 Å². The lowest BCUT2D eigenvalue weighted by molar-refractivity contribution is 0.669. The minimum atomic E-state index is 0.597. The molecule has 228 valence electrons. The van der Waals surface area contributed by atoms with Gasteiger partial charge in [0.05, 0.1) is 0 Å². The van der Waals surface area contributed by atoms with Crippen molar-refractivity contribution in [2.24, 2.45) is 0 Å². The molecule has 8 aromatic carbocycles. The molecule has 0 spiro atoms. The molecular weight excluding hydrogens is 599 g/mol. The summed E-state index contributed by atoms with van der Waals surface area (Å²) in [6, 6.07) is 57.0. The van der Waals surface area contributed by atoms with Gasteiger partial charge in [0.15, 0.2) is 17.5 Å². The second-order valence-corrected chi connectivity index (χ2v) is 12.5. The Balaban J connectivity index is 1.28. The van der Waals surface area contributed by atoms with Crippen molar-refractivity contribution in [1.82, 2.24) is 15.0 Å². The smallest absolute Gasteiger partial charge is 0.164 e. The summed E-state index contributed by atoms with van der Waals surface area (Å²) in [6.07, 6.45) is 0. The Morgan fingerprint density at radius 2 is 0.837 bits per heavy atom. The van der Waals surface area contributed by atoms with Gasteiger partial charge < -0.3 is 4.42 Å². The van der Waals surface area contributed by atoms with Gasteiger partial charge in [0.2, 0.25) is 0 Å². The third kappa shape index (κ3) is 4.73. The van der Waals surface area contributed by atoms with Gasteiger partial charge in [-0.2, -0.15) is 0 Å². The third-order valence-electron chi connectivity index (χ3n) is 9.44. The van der Waals surface area contributed by atoms with E-state index in [1.165, 1.54) is 10.8 Å². The highest BCUT2D eigenvalue weighted by molar-refractivity contribution is 6.16. The highest BCUT2D eigenvalue weighted by atomic mass is 16.3. The van der Waals surface area contributed by atoms with E-state index in [0.29, 0.717) is 17.5 Å². The van der Waals surface area contributed by atoms with E-state index in [1.807, 2.05) is 6.07 Å². The molecular formula is C45H27N3O. The van der Waals surface area contributed by atoms with Gasteiger partial charge in [-0.15, -0.1) is 0 Å². The number of furan rings is 1. The third-order valence-corrected chi connectivity index (χ3v) is 9.44. The molecule has 2 aromatic heterocycles. The van der Waals surface area contributed by atoms with Gasteiger partial charge in [-0.1, -0.05) is 127 Å². The maximum atomic E-state index is 6.64. The first-order chi connectivity index (χ1) is 24.2. The lowest BCUT2D eigenvalue weighted by Gasteiger charge is -2.12. The average molecular weight is 626 g/mol. The fourth-order valence-corrected chi connectivity index (χ4v) is 6.98. The van der Waals surface area contributed by atoms with E-state index >= 15 is 0 Å². The Morgan fingerprint density at radius 1 is 0.327 bits per heavy atom. The zero-order chi connectivity index (χ0) is 32.3. The van der Waals surface area contributed by atoms with Crippen LogP contribution in [0.25, 0.3) is 99.5 Å². The normalized spacial score (nSPS) is 11.7. The number of hydrogen-bond donors (Lipinski definition) is 0. The zero-order valence-electron chi connectivity index (χ0n) is 26.3. The summed E-state index contributed by atoms with van der Waals surface area (Å²) in [4.78, 5) is 15.6. The van der Waals surface area contributed by atoms with Gasteiger partial charge in [0.1, 0.15) is 11.2 Å². The van der Waals surface area contributed by atoms with Crippen LogP contribution in [0.3, 0.4) is 0 Å². The van der Waals surface area contributed by atoms with Crippen LogP contribution >= 0.6 is 0 Å². The molecule has 0 aliphatic carbocycles. The van der Waals surface area contributed by atoms with E-state index in [2.05, 4.69) is 158 Å². The van der Waals surface area contributed by atoms with Crippen LogP contribution in [0, 0.1) is 0 Å². The lowest BCUT2D eigenvalue weighted by atomic mass is 9.97. The Bertz CT molecular complexity index is 2790. The Hall–Kier alpha value is -6.65. The van der Waals surface area contributed by atoms with Crippen molar-refractivity contribution in [3.63, 3.8) is 0 Å². The zero-order valence-corrected chi connectivity index (χ0v) is 26.3. The first-order valence-corrected chi connectivity index (χ1v) is 16.4. The Labute approximate surface area is 282 Å². The summed E-state index contributed by atoms with van der Waals surface area (Å²) >= 11 is 0. The molecule has 0 N–H and O–H groups in total. The van der Waals surface area contributed by atoms with Crippen molar-refractivity contribution >= 4 is 54.3 Å². The predicted octanol–water partition coefficient (Wildman–Crippen LogP) is 11.9. The molecule has 0 radical (unpaired) electrons. The van der Waals surface area contributed by atoms with Gasteiger partial charge in [0, 0.05) is 27.5 Å². The van der Waals surface area contributed by atoms with E-state index in [9.17, 15) is 0 Å². The number of benzene rings is 8. The monoisotopic (exact) mass is 625 g/mol. The van der Waals surface area contributed by atoms with Crippen LogP contribution in [0.1, 0.15) is 0 Å². The van der Waals surface area contributed by atoms with Crippen molar-refractivity contribution in [1.29, 1.82) is 0 Å². The molecule has 0 atom stereocenters. The second-order valence-electron chi connectivity index (χ2n) is 12.5. The molecule has 0 bridgehead atoms. The molecule has 49 heavy (non-hydrogen) atoms. The Morgan fingerprint density at radius 3 is 1.45 bits per heavy atom. The summed E-state index contributed by atoms with van der Waals surface area (Å²) in [5.74, 6) is 1.84. The SMILES string of the molecule is c1ccc(-c2cc(-c3nc(-c4ccc5ccccc5c4)nc(-c4ccc5ccccc5c4)n3)c3c(c2)oc2cc4ccccc4cc23)cc1. The number of nitrogens with zero attached hydrogens (tertiary/aromatic N) is 3. The van der Waals surface area contributed by atoms with Crippen LogP contribution in [-0.2, 0) is 0 Å². The number of hydrogen-bond acceptors (Lipinski definition) is 4. The van der Waals surface area contributed by atoms with E-state index in [-0.39, 0.29) is 0 Å². The number of fused-ring (bicyclic) bond motifs is 6. The largest absolute Gasteiger partial charge is 0.456 e. The van der Waals surface area contributed by atoms with Crippen molar-refractivity contribution in [3.8, 4) is 45.3 Å². The Kier molecular flexibility index (Phi) is 6.15. The lowest BCUT2D eigenvalue weighted by Crippen LogP contribution is -2.01. The van der Waals surface area contributed by atoms with Crippen LogP contribution in [0.2, 0.25) is 0 Å². The van der Waals surface area contributed by atoms with Gasteiger partial charge >= 0.3 is 0 Å². The van der Waals surface area contributed by atoms with E-state index < -0.39 is 0 Å². The molecule has 0 aliphatic heterocycles. The molecule has 0 aliphatic rings. The molecule has 2 heterocycles. The maximum absolute atomic E-state index is 6.64. The molecule has 0 saturated carbocycles. The summed E-state index contributed by atoms with van der Waals surface area (Å²) in [7, 11) is 0. The first kappa shape index (κ1) is 27.5. The molecule has 0 unspecified atom stereocenters. The van der Waals surface area contributed by atoms with Gasteiger partial charge in [-0.3, -0.25) is 0 Å². The van der Waals surface area contributed by atoms with Crippen molar-refractivity contribution < 1.29 is 4.42 Å². The van der Waals surface area contributed by atoms with E-state index in [0.717, 1.165) is 71.3 Å². The van der Waals surface area contributed by atoms with Crippen molar-refractivity contribution in [2.45, 2.75) is 0 Å². The van der Waals surface area contributed by atoms with Crippen molar-refractivity contribution in [2.75, 3.05) is 0 Å². The van der Waals surface area contributed by atoms with E-state index in [4.69, 9.17) is 19.4 Å². The summed E-state index contributed by atoms with van der Waals surface area (Å²) in [5.41, 5.74) is 6.52. The quantitative estimate of drug-likeness (QED) is 0.195. The minimum absolute atomic E-state index is 0.597. The first-order valence-electron chi connectivity index (χ1n) is 16.4. The van der Waals surface area contributed by atoms with Crippen LogP contribution in [0.5, 0.6) is 0 Å². The second kappa shape index (κ2) is 11.0. The molecule has 4 nitrogen and oxygen atoms in total. The molecule has 4 heteroatoms. The van der Waals surface area contributed by atoms with Crippen LogP contribution < -0.4 is 0 Å². The predicted molar refractivity (Wildman–Crippen MR) is 201 cm³/mol. The van der Waals surface area contributed by atoms with Gasteiger partial charge in [-0.25, -0.2) is 15.0 Å². The highest BCUT2D eigenvalue weighted by Crippen LogP contribution is 2.41.